The highest BCUT2D eigenvalue weighted by Crippen LogP contribution is 2.21. The van der Waals surface area contributed by atoms with Crippen molar-refractivity contribution in [1.82, 2.24) is 15.5 Å². The first-order valence-corrected chi connectivity index (χ1v) is 7.88. The number of hydrogen-bond donors (Lipinski definition) is 3. The zero-order valence-electron chi connectivity index (χ0n) is 13.4. The van der Waals surface area contributed by atoms with Crippen LogP contribution >= 0.6 is 0 Å². The molecule has 6 nitrogen and oxygen atoms in total. The third kappa shape index (κ3) is 4.13. The van der Waals surface area contributed by atoms with E-state index in [1.165, 1.54) is 18.3 Å². The lowest BCUT2D eigenvalue weighted by atomic mass is 10.0. The Kier molecular flexibility index (Phi) is 5.25. The van der Waals surface area contributed by atoms with Gasteiger partial charge in [0.1, 0.15) is 11.6 Å². The molecule has 1 atom stereocenters. The molecule has 0 saturated carbocycles. The average molecular weight is 343 g/mol. The molecular weight excluding hydrogens is 325 g/mol. The predicted octanol–water partition coefficient (Wildman–Crippen LogP) is 2.39. The maximum Gasteiger partial charge on any atom is 0.255 e. The van der Waals surface area contributed by atoms with Gasteiger partial charge >= 0.3 is 0 Å². The summed E-state index contributed by atoms with van der Waals surface area (Å²) in [5.74, 6) is -0.153. The summed E-state index contributed by atoms with van der Waals surface area (Å²) >= 11 is 0. The molecule has 0 spiro atoms. The normalized spacial score (nSPS) is 12.1. The van der Waals surface area contributed by atoms with Gasteiger partial charge in [-0.2, -0.15) is 5.10 Å². The van der Waals surface area contributed by atoms with Crippen molar-refractivity contribution in [3.05, 3.63) is 66.0 Å². The van der Waals surface area contributed by atoms with Crippen LogP contribution in [0.5, 0.6) is 0 Å². The average Bonchev–Trinajstić information content (AvgIpc) is 3.29. The number of carbonyl (C=O) groups is 1. The number of rotatable bonds is 7. The lowest BCUT2D eigenvalue weighted by Crippen LogP contribution is -2.31. The summed E-state index contributed by atoms with van der Waals surface area (Å²) in [6.45, 7) is 0.201. The van der Waals surface area contributed by atoms with Crippen molar-refractivity contribution in [1.29, 1.82) is 0 Å². The maximum atomic E-state index is 13.4. The smallest absolute Gasteiger partial charge is 0.255 e. The van der Waals surface area contributed by atoms with E-state index >= 15 is 0 Å². The molecule has 2 aromatic heterocycles. The summed E-state index contributed by atoms with van der Waals surface area (Å²) in [5, 5.41) is 18.9. The van der Waals surface area contributed by atoms with Gasteiger partial charge in [0.05, 0.1) is 23.7 Å². The second-order valence-corrected chi connectivity index (χ2v) is 5.71. The lowest BCUT2D eigenvalue weighted by molar-refractivity contribution is 0.0939. The molecule has 0 aliphatic rings. The minimum absolute atomic E-state index is 0.0802. The number of hydrogen-bond acceptors (Lipinski definition) is 4. The number of aromatic nitrogens is 2. The fourth-order valence-electron chi connectivity index (χ4n) is 2.57. The molecule has 3 N–H and O–H groups in total. The monoisotopic (exact) mass is 343 g/mol. The number of amides is 1. The van der Waals surface area contributed by atoms with E-state index in [1.807, 2.05) is 6.07 Å². The number of H-pyrrole nitrogens is 1. The SMILES string of the molecule is O=C(NCC(CO)Cc1ccco1)c1cn[nH]c1-c1cccc(F)c1. The zero-order valence-corrected chi connectivity index (χ0v) is 13.4. The van der Waals surface area contributed by atoms with Gasteiger partial charge in [0.15, 0.2) is 0 Å². The van der Waals surface area contributed by atoms with Gasteiger partial charge in [-0.05, 0) is 24.3 Å². The summed E-state index contributed by atoms with van der Waals surface area (Å²) in [6.07, 6.45) is 3.49. The van der Waals surface area contributed by atoms with E-state index in [9.17, 15) is 14.3 Å². The summed E-state index contributed by atoms with van der Waals surface area (Å²) in [7, 11) is 0. The van der Waals surface area contributed by atoms with Gasteiger partial charge in [0, 0.05) is 31.1 Å². The summed E-state index contributed by atoms with van der Waals surface area (Å²) < 4.78 is 18.7. The fraction of sp³-hybridized carbons (Fsp3) is 0.222. The van der Waals surface area contributed by atoms with Crippen LogP contribution in [0.3, 0.4) is 0 Å². The van der Waals surface area contributed by atoms with Crippen molar-refractivity contribution < 1.29 is 18.7 Å². The molecule has 0 aliphatic carbocycles. The summed E-state index contributed by atoms with van der Waals surface area (Å²) in [4.78, 5) is 12.4. The Hall–Kier alpha value is -2.93. The van der Waals surface area contributed by atoms with Gasteiger partial charge in [-0.3, -0.25) is 9.89 Å². The van der Waals surface area contributed by atoms with Crippen LogP contribution in [0.15, 0.2) is 53.3 Å². The van der Waals surface area contributed by atoms with Crippen LogP contribution in [-0.2, 0) is 6.42 Å². The minimum atomic E-state index is -0.391. The molecule has 0 fully saturated rings. The topological polar surface area (TPSA) is 91.2 Å². The van der Waals surface area contributed by atoms with E-state index in [0.717, 1.165) is 5.76 Å². The first-order chi connectivity index (χ1) is 12.2. The van der Waals surface area contributed by atoms with Crippen molar-refractivity contribution in [2.45, 2.75) is 6.42 Å². The molecule has 25 heavy (non-hydrogen) atoms. The molecule has 0 radical (unpaired) electrons. The van der Waals surface area contributed by atoms with E-state index in [0.29, 0.717) is 23.2 Å². The number of aliphatic hydroxyl groups excluding tert-OH is 1. The Bertz CT molecular complexity index is 830. The quantitative estimate of drug-likeness (QED) is 0.614. The standard InChI is InChI=1S/C18H18FN3O3/c19-14-4-1-3-13(8-14)17-16(10-21-22-17)18(24)20-9-12(11-23)7-15-5-2-6-25-15/h1-6,8,10,12,23H,7,9,11H2,(H,20,24)(H,21,22). The number of carbonyl (C=O) groups excluding carboxylic acids is 1. The van der Waals surface area contributed by atoms with Crippen molar-refractivity contribution in [2.24, 2.45) is 5.92 Å². The van der Waals surface area contributed by atoms with Gasteiger partial charge in [0.2, 0.25) is 0 Å². The number of aromatic amines is 1. The maximum absolute atomic E-state index is 13.4. The van der Waals surface area contributed by atoms with Crippen LogP contribution in [0.1, 0.15) is 16.1 Å². The van der Waals surface area contributed by atoms with Crippen molar-refractivity contribution in [3.8, 4) is 11.3 Å². The Morgan fingerprint density at radius 2 is 2.24 bits per heavy atom. The Labute approximate surface area is 143 Å². The zero-order chi connectivity index (χ0) is 17.6. The Morgan fingerprint density at radius 3 is 2.96 bits per heavy atom. The molecule has 0 saturated heterocycles. The van der Waals surface area contributed by atoms with Crippen LogP contribution in [0.4, 0.5) is 4.39 Å². The second-order valence-electron chi connectivity index (χ2n) is 5.71. The number of benzene rings is 1. The lowest BCUT2D eigenvalue weighted by Gasteiger charge is -2.14. The van der Waals surface area contributed by atoms with Crippen LogP contribution < -0.4 is 5.32 Å². The molecule has 0 aliphatic heterocycles. The van der Waals surface area contributed by atoms with Gasteiger partial charge in [-0.15, -0.1) is 0 Å². The summed E-state index contributed by atoms with van der Waals surface area (Å²) in [6, 6.07) is 9.53. The van der Waals surface area contributed by atoms with Gasteiger partial charge in [-0.1, -0.05) is 12.1 Å². The van der Waals surface area contributed by atoms with Gasteiger partial charge in [0.25, 0.3) is 5.91 Å². The van der Waals surface area contributed by atoms with E-state index in [-0.39, 0.29) is 25.0 Å². The van der Waals surface area contributed by atoms with Crippen LogP contribution in [-0.4, -0.2) is 34.4 Å². The second kappa shape index (κ2) is 7.76. The van der Waals surface area contributed by atoms with Gasteiger partial charge < -0.3 is 14.8 Å². The third-order valence-corrected chi connectivity index (χ3v) is 3.88. The minimum Gasteiger partial charge on any atom is -0.469 e. The first-order valence-electron chi connectivity index (χ1n) is 7.88. The van der Waals surface area contributed by atoms with Crippen molar-refractivity contribution >= 4 is 5.91 Å². The molecular formula is C18H18FN3O3. The Morgan fingerprint density at radius 1 is 1.36 bits per heavy atom. The van der Waals surface area contributed by atoms with E-state index in [4.69, 9.17) is 4.42 Å². The highest BCUT2D eigenvalue weighted by molar-refractivity contribution is 5.99. The van der Waals surface area contributed by atoms with E-state index in [1.54, 1.807) is 24.5 Å². The number of nitrogens with one attached hydrogen (secondary N) is 2. The van der Waals surface area contributed by atoms with Crippen molar-refractivity contribution in [3.63, 3.8) is 0 Å². The fourth-order valence-corrected chi connectivity index (χ4v) is 2.57. The molecule has 7 heteroatoms. The number of aliphatic hydroxyl groups is 1. The highest BCUT2D eigenvalue weighted by atomic mass is 19.1. The molecule has 0 bridgehead atoms. The first kappa shape index (κ1) is 16.9. The highest BCUT2D eigenvalue weighted by Gasteiger charge is 2.18. The molecule has 1 unspecified atom stereocenters. The Balaban J connectivity index is 1.67. The van der Waals surface area contributed by atoms with Crippen LogP contribution in [0, 0.1) is 11.7 Å². The molecule has 130 valence electrons. The molecule has 1 aromatic carbocycles. The molecule has 2 heterocycles. The van der Waals surface area contributed by atoms with Crippen LogP contribution in [0.2, 0.25) is 0 Å². The van der Waals surface area contributed by atoms with E-state index in [2.05, 4.69) is 15.5 Å². The van der Waals surface area contributed by atoms with Crippen molar-refractivity contribution in [2.75, 3.05) is 13.2 Å². The number of halogens is 1. The molecule has 1 amide bonds. The van der Waals surface area contributed by atoms with Gasteiger partial charge in [-0.25, -0.2) is 4.39 Å². The number of nitrogens with zero attached hydrogens (tertiary/aromatic N) is 1. The summed E-state index contributed by atoms with van der Waals surface area (Å²) in [5.41, 5.74) is 1.31. The molecule has 3 rings (SSSR count). The van der Waals surface area contributed by atoms with E-state index < -0.39 is 5.82 Å². The largest absolute Gasteiger partial charge is 0.469 e. The third-order valence-electron chi connectivity index (χ3n) is 3.88. The van der Waals surface area contributed by atoms with Crippen LogP contribution in [0.25, 0.3) is 11.3 Å². The molecule has 3 aromatic rings. The predicted molar refractivity (Wildman–Crippen MR) is 89.3 cm³/mol. The number of furan rings is 1.